The molecule has 36 heavy (non-hydrogen) atoms. The fourth-order valence-electron chi connectivity index (χ4n) is 7.05. The Morgan fingerprint density at radius 2 is 1.75 bits per heavy atom. The number of rotatable bonds is 11. The van der Waals surface area contributed by atoms with Gasteiger partial charge in [-0.25, -0.2) is 4.79 Å². The van der Waals surface area contributed by atoms with E-state index in [2.05, 4.69) is 5.32 Å². The first kappa shape index (κ1) is 26.8. The smallest absolute Gasteiger partial charge is 0.410 e. The standard InChI is InChI=1S/C28H39ClN2O5/c1-18(2)36-27(35)31(9-7-25(32)33)8-3-4-19-5-6-24(29)23(13-19)26(34)30-17-28-14-20-10-21(15-28)12-22(11-20)16-28/h5-6,13,18,20-22H,3-4,7-12,14-17H2,1-2H3,(H,30,34)(H,32,33). The van der Waals surface area contributed by atoms with E-state index in [1.165, 1.54) is 43.4 Å². The number of nitrogens with zero attached hydrogens (tertiary/aromatic N) is 1. The van der Waals surface area contributed by atoms with Crippen LogP contribution in [-0.4, -0.2) is 53.7 Å². The Morgan fingerprint density at radius 1 is 1.11 bits per heavy atom. The van der Waals surface area contributed by atoms with Crippen molar-refractivity contribution in [1.29, 1.82) is 0 Å². The third kappa shape index (κ3) is 6.72. The van der Waals surface area contributed by atoms with Gasteiger partial charge in [-0.1, -0.05) is 17.7 Å². The second-order valence-electron chi connectivity index (χ2n) is 11.6. The molecule has 198 valence electrons. The first-order valence-corrected chi connectivity index (χ1v) is 13.7. The van der Waals surface area contributed by atoms with Crippen molar-refractivity contribution in [1.82, 2.24) is 10.2 Å². The number of carboxylic acids is 1. The summed E-state index contributed by atoms with van der Waals surface area (Å²) in [6, 6.07) is 5.49. The molecule has 0 spiro atoms. The van der Waals surface area contributed by atoms with E-state index in [0.29, 0.717) is 30.0 Å². The van der Waals surface area contributed by atoms with E-state index in [-0.39, 0.29) is 30.4 Å². The number of amides is 2. The summed E-state index contributed by atoms with van der Waals surface area (Å²) in [6.07, 6.45) is 8.18. The Morgan fingerprint density at radius 3 is 2.33 bits per heavy atom. The molecule has 0 aromatic heterocycles. The summed E-state index contributed by atoms with van der Waals surface area (Å²) in [6.45, 7) is 4.72. The van der Waals surface area contributed by atoms with Crippen molar-refractivity contribution < 1.29 is 24.2 Å². The number of ether oxygens (including phenoxy) is 1. The highest BCUT2D eigenvalue weighted by Gasteiger charge is 2.50. The van der Waals surface area contributed by atoms with Crippen LogP contribution in [0, 0.1) is 23.2 Å². The van der Waals surface area contributed by atoms with Crippen molar-refractivity contribution in [3.63, 3.8) is 0 Å². The number of carboxylic acid groups (broad SMARTS) is 1. The van der Waals surface area contributed by atoms with Gasteiger partial charge in [0.2, 0.25) is 0 Å². The third-order valence-corrected chi connectivity index (χ3v) is 8.48. The molecule has 2 N–H and O–H groups in total. The van der Waals surface area contributed by atoms with E-state index in [4.69, 9.17) is 21.4 Å². The number of benzene rings is 1. The Hall–Kier alpha value is -2.28. The van der Waals surface area contributed by atoms with Crippen LogP contribution in [0.5, 0.6) is 0 Å². The van der Waals surface area contributed by atoms with E-state index in [9.17, 15) is 14.4 Å². The van der Waals surface area contributed by atoms with Gasteiger partial charge in [0, 0.05) is 19.6 Å². The molecule has 4 bridgehead atoms. The Bertz CT molecular complexity index is 943. The molecule has 1 aromatic carbocycles. The molecule has 0 atom stereocenters. The predicted octanol–water partition coefficient (Wildman–Crippen LogP) is 5.54. The summed E-state index contributed by atoms with van der Waals surface area (Å²) in [5.41, 5.74) is 1.70. The second kappa shape index (κ2) is 11.4. The van der Waals surface area contributed by atoms with E-state index in [1.807, 2.05) is 12.1 Å². The third-order valence-electron chi connectivity index (χ3n) is 8.15. The minimum atomic E-state index is -0.959. The summed E-state index contributed by atoms with van der Waals surface area (Å²) in [5, 5.41) is 12.6. The van der Waals surface area contributed by atoms with Crippen molar-refractivity contribution in [2.75, 3.05) is 19.6 Å². The normalized spacial score (nSPS) is 26.2. The molecular formula is C28H39ClN2O5. The molecule has 5 rings (SSSR count). The van der Waals surface area contributed by atoms with Gasteiger partial charge in [0.25, 0.3) is 5.91 Å². The number of hydrogen-bond acceptors (Lipinski definition) is 4. The van der Waals surface area contributed by atoms with Gasteiger partial charge in [0.15, 0.2) is 0 Å². The number of aliphatic carboxylic acids is 1. The highest BCUT2D eigenvalue weighted by molar-refractivity contribution is 6.33. The van der Waals surface area contributed by atoms with Crippen LogP contribution in [0.3, 0.4) is 0 Å². The highest BCUT2D eigenvalue weighted by Crippen LogP contribution is 2.59. The fourth-order valence-corrected chi connectivity index (χ4v) is 7.25. The zero-order chi connectivity index (χ0) is 25.9. The number of nitrogens with one attached hydrogen (secondary N) is 1. The quantitative estimate of drug-likeness (QED) is 0.401. The predicted molar refractivity (Wildman–Crippen MR) is 138 cm³/mol. The minimum absolute atomic E-state index is 0.0967. The second-order valence-corrected chi connectivity index (χ2v) is 12.0. The summed E-state index contributed by atoms with van der Waals surface area (Å²) in [5.74, 6) is 1.44. The lowest BCUT2D eigenvalue weighted by Crippen LogP contribution is -2.51. The van der Waals surface area contributed by atoms with Crippen molar-refractivity contribution in [2.24, 2.45) is 23.2 Å². The van der Waals surface area contributed by atoms with Gasteiger partial charge < -0.3 is 20.1 Å². The van der Waals surface area contributed by atoms with Gasteiger partial charge in [0.05, 0.1) is 23.1 Å². The number of halogens is 1. The van der Waals surface area contributed by atoms with E-state index in [1.54, 1.807) is 19.9 Å². The fraction of sp³-hybridized carbons (Fsp3) is 0.679. The maximum atomic E-state index is 13.1. The van der Waals surface area contributed by atoms with Gasteiger partial charge in [0.1, 0.15) is 0 Å². The molecule has 0 saturated heterocycles. The van der Waals surface area contributed by atoms with Crippen LogP contribution in [0.15, 0.2) is 18.2 Å². The van der Waals surface area contributed by atoms with Gasteiger partial charge in [-0.2, -0.15) is 0 Å². The van der Waals surface area contributed by atoms with Crippen LogP contribution in [0.25, 0.3) is 0 Å². The maximum absolute atomic E-state index is 13.1. The maximum Gasteiger partial charge on any atom is 0.410 e. The molecule has 4 fully saturated rings. The molecular weight excluding hydrogens is 480 g/mol. The van der Waals surface area contributed by atoms with Crippen LogP contribution in [0.4, 0.5) is 4.79 Å². The topological polar surface area (TPSA) is 95.9 Å². The molecule has 4 aliphatic rings. The number of hydrogen-bond donors (Lipinski definition) is 2. The summed E-state index contributed by atoms with van der Waals surface area (Å²) < 4.78 is 5.25. The van der Waals surface area contributed by atoms with E-state index < -0.39 is 12.1 Å². The molecule has 0 heterocycles. The molecule has 0 aliphatic heterocycles. The van der Waals surface area contributed by atoms with Crippen molar-refractivity contribution in [3.05, 3.63) is 34.3 Å². The van der Waals surface area contributed by atoms with E-state index in [0.717, 1.165) is 29.9 Å². The molecule has 8 heteroatoms. The zero-order valence-corrected chi connectivity index (χ0v) is 22.2. The molecule has 4 aliphatic carbocycles. The lowest BCUT2D eigenvalue weighted by Gasteiger charge is -2.56. The Balaban J connectivity index is 1.32. The van der Waals surface area contributed by atoms with Crippen molar-refractivity contribution in [3.8, 4) is 0 Å². The number of carbonyl (C=O) groups excluding carboxylic acids is 2. The number of aryl methyl sites for hydroxylation is 1. The minimum Gasteiger partial charge on any atom is -0.481 e. The molecule has 0 radical (unpaired) electrons. The molecule has 0 unspecified atom stereocenters. The molecule has 2 amide bonds. The average molecular weight is 519 g/mol. The van der Waals surface area contributed by atoms with Crippen LogP contribution in [-0.2, 0) is 16.0 Å². The lowest BCUT2D eigenvalue weighted by molar-refractivity contribution is -0.137. The Kier molecular flexibility index (Phi) is 8.48. The van der Waals surface area contributed by atoms with Crippen LogP contribution in [0.2, 0.25) is 5.02 Å². The molecule has 4 saturated carbocycles. The summed E-state index contributed by atoms with van der Waals surface area (Å²) in [4.78, 5) is 37.9. The first-order valence-electron chi connectivity index (χ1n) is 13.4. The lowest BCUT2D eigenvalue weighted by atomic mass is 9.49. The van der Waals surface area contributed by atoms with Gasteiger partial charge in [-0.05, 0) is 106 Å². The van der Waals surface area contributed by atoms with Crippen LogP contribution < -0.4 is 5.32 Å². The zero-order valence-electron chi connectivity index (χ0n) is 21.4. The highest BCUT2D eigenvalue weighted by atomic mass is 35.5. The monoisotopic (exact) mass is 518 g/mol. The van der Waals surface area contributed by atoms with Crippen molar-refractivity contribution >= 4 is 29.6 Å². The summed E-state index contributed by atoms with van der Waals surface area (Å²) >= 11 is 6.41. The van der Waals surface area contributed by atoms with Crippen molar-refractivity contribution in [2.45, 2.75) is 77.7 Å². The average Bonchev–Trinajstić information content (AvgIpc) is 2.79. The Labute approximate surface area is 218 Å². The van der Waals surface area contributed by atoms with Crippen LogP contribution >= 0.6 is 11.6 Å². The van der Waals surface area contributed by atoms with Gasteiger partial charge >= 0.3 is 12.1 Å². The van der Waals surface area contributed by atoms with Crippen LogP contribution in [0.1, 0.15) is 81.1 Å². The van der Waals surface area contributed by atoms with E-state index >= 15 is 0 Å². The van der Waals surface area contributed by atoms with Gasteiger partial charge in [-0.3, -0.25) is 9.59 Å². The molecule has 7 nitrogen and oxygen atoms in total. The molecule has 1 aromatic rings. The van der Waals surface area contributed by atoms with Gasteiger partial charge in [-0.15, -0.1) is 0 Å². The number of carbonyl (C=O) groups is 3. The summed E-state index contributed by atoms with van der Waals surface area (Å²) in [7, 11) is 0. The largest absolute Gasteiger partial charge is 0.481 e. The SMILES string of the molecule is CC(C)OC(=O)N(CCCc1ccc(Cl)c(C(=O)NCC23CC4CC(CC(C4)C2)C3)c1)CCC(=O)O. The first-order chi connectivity index (χ1) is 17.1.